The zero-order chi connectivity index (χ0) is 15.0. The fourth-order valence-electron chi connectivity index (χ4n) is 3.91. The summed E-state index contributed by atoms with van der Waals surface area (Å²) in [6, 6.07) is 0. The van der Waals surface area contributed by atoms with E-state index in [1.165, 1.54) is 51.5 Å². The van der Waals surface area contributed by atoms with Crippen LogP contribution in [0.4, 0.5) is 0 Å². The second-order valence-corrected chi connectivity index (χ2v) is 7.00. The third kappa shape index (κ3) is 5.51. The second kappa shape index (κ2) is 9.09. The van der Waals surface area contributed by atoms with E-state index in [9.17, 15) is 5.11 Å². The average Bonchev–Trinajstić information content (AvgIpc) is 2.74. The number of aliphatic hydroxyl groups excluding tert-OH is 1. The van der Waals surface area contributed by atoms with Crippen molar-refractivity contribution in [3.8, 4) is 0 Å². The smallest absolute Gasteiger partial charge is 0.0932 e. The zero-order valence-electron chi connectivity index (χ0n) is 13.8. The average molecular weight is 298 g/mol. The van der Waals surface area contributed by atoms with Gasteiger partial charge in [-0.15, -0.1) is 0 Å². The fourth-order valence-corrected chi connectivity index (χ4v) is 3.91. The van der Waals surface area contributed by atoms with Crippen LogP contribution < -0.4 is 5.32 Å². The molecule has 4 nitrogen and oxygen atoms in total. The number of aliphatic hydroxyl groups is 1. The van der Waals surface area contributed by atoms with Gasteiger partial charge in [-0.2, -0.15) is 0 Å². The van der Waals surface area contributed by atoms with Gasteiger partial charge in [0.15, 0.2) is 0 Å². The molecule has 0 aromatic rings. The van der Waals surface area contributed by atoms with Crippen LogP contribution in [0.5, 0.6) is 0 Å². The Kier molecular flexibility index (Phi) is 7.44. The largest absolute Gasteiger partial charge is 0.394 e. The number of nitrogens with one attached hydrogen (secondary N) is 1. The number of ether oxygens (including phenoxy) is 1. The van der Waals surface area contributed by atoms with Crippen LogP contribution in [-0.4, -0.2) is 62.0 Å². The third-order valence-electron chi connectivity index (χ3n) is 5.08. The topological polar surface area (TPSA) is 44.7 Å². The molecule has 1 heterocycles. The van der Waals surface area contributed by atoms with Crippen molar-refractivity contribution in [1.82, 2.24) is 10.2 Å². The molecular formula is C17H34N2O2. The highest BCUT2D eigenvalue weighted by Gasteiger charge is 2.34. The van der Waals surface area contributed by atoms with Crippen molar-refractivity contribution in [2.45, 2.75) is 58.0 Å². The Bertz CT molecular complexity index is 278. The molecule has 1 unspecified atom stereocenters. The summed E-state index contributed by atoms with van der Waals surface area (Å²) in [5.41, 5.74) is 0.434. The lowest BCUT2D eigenvalue weighted by Crippen LogP contribution is -2.50. The van der Waals surface area contributed by atoms with Crippen molar-refractivity contribution in [2.75, 3.05) is 45.9 Å². The Morgan fingerprint density at radius 3 is 2.67 bits per heavy atom. The van der Waals surface area contributed by atoms with Gasteiger partial charge in [-0.05, 0) is 31.2 Å². The molecule has 2 fully saturated rings. The first-order chi connectivity index (χ1) is 10.3. The number of nitrogens with zero attached hydrogens (tertiary/aromatic N) is 1. The SMILES string of the molecule is CCCNCC1(CN2CCOC(CO)C2)CCCCCC1. The highest BCUT2D eigenvalue weighted by Crippen LogP contribution is 2.35. The van der Waals surface area contributed by atoms with Crippen LogP contribution in [-0.2, 0) is 4.74 Å². The van der Waals surface area contributed by atoms with Crippen molar-refractivity contribution < 1.29 is 9.84 Å². The summed E-state index contributed by atoms with van der Waals surface area (Å²) in [5, 5.41) is 13.0. The molecule has 1 saturated carbocycles. The summed E-state index contributed by atoms with van der Waals surface area (Å²) in [4.78, 5) is 2.53. The standard InChI is InChI=1S/C17H34N2O2/c1-2-9-18-14-17(7-5-3-4-6-8-17)15-19-10-11-21-16(12-19)13-20/h16,18,20H,2-15H2,1H3. The number of rotatable bonds is 7. The molecule has 4 heteroatoms. The van der Waals surface area contributed by atoms with E-state index in [4.69, 9.17) is 4.74 Å². The van der Waals surface area contributed by atoms with E-state index >= 15 is 0 Å². The molecule has 2 N–H and O–H groups in total. The van der Waals surface area contributed by atoms with Crippen LogP contribution in [0.25, 0.3) is 0 Å². The number of hydrogen-bond donors (Lipinski definition) is 2. The molecule has 1 saturated heterocycles. The molecule has 0 radical (unpaired) electrons. The van der Waals surface area contributed by atoms with E-state index in [1.54, 1.807) is 0 Å². The third-order valence-corrected chi connectivity index (χ3v) is 5.08. The van der Waals surface area contributed by atoms with Gasteiger partial charge in [0, 0.05) is 26.2 Å². The van der Waals surface area contributed by atoms with Crippen LogP contribution in [0.2, 0.25) is 0 Å². The Labute approximate surface area is 130 Å². The van der Waals surface area contributed by atoms with Crippen LogP contribution >= 0.6 is 0 Å². The van der Waals surface area contributed by atoms with Crippen molar-refractivity contribution >= 4 is 0 Å². The van der Waals surface area contributed by atoms with E-state index in [0.29, 0.717) is 5.41 Å². The molecular weight excluding hydrogens is 264 g/mol. The lowest BCUT2D eigenvalue weighted by atomic mass is 9.79. The van der Waals surface area contributed by atoms with Gasteiger partial charge in [-0.25, -0.2) is 0 Å². The molecule has 2 rings (SSSR count). The molecule has 1 atom stereocenters. The van der Waals surface area contributed by atoms with E-state index in [-0.39, 0.29) is 12.7 Å². The zero-order valence-corrected chi connectivity index (χ0v) is 13.8. The maximum Gasteiger partial charge on any atom is 0.0932 e. The maximum absolute atomic E-state index is 9.33. The first kappa shape index (κ1) is 17.2. The predicted octanol–water partition coefficient (Wildman–Crippen LogP) is 2.02. The highest BCUT2D eigenvalue weighted by atomic mass is 16.5. The molecule has 1 aliphatic carbocycles. The molecule has 0 amide bonds. The van der Waals surface area contributed by atoms with Gasteiger partial charge in [0.1, 0.15) is 0 Å². The van der Waals surface area contributed by atoms with Crippen LogP contribution in [0.3, 0.4) is 0 Å². The molecule has 0 aromatic carbocycles. The minimum atomic E-state index is 0.0187. The first-order valence-corrected chi connectivity index (χ1v) is 8.93. The lowest BCUT2D eigenvalue weighted by Gasteiger charge is -2.41. The summed E-state index contributed by atoms with van der Waals surface area (Å²) in [6.45, 7) is 8.52. The van der Waals surface area contributed by atoms with Crippen molar-refractivity contribution in [1.29, 1.82) is 0 Å². The van der Waals surface area contributed by atoms with Crippen LogP contribution in [0.1, 0.15) is 51.9 Å². The summed E-state index contributed by atoms with van der Waals surface area (Å²) in [5.74, 6) is 0. The quantitative estimate of drug-likeness (QED) is 0.557. The maximum atomic E-state index is 9.33. The van der Waals surface area contributed by atoms with Gasteiger partial charge in [0.2, 0.25) is 0 Å². The van der Waals surface area contributed by atoms with E-state index in [1.807, 2.05) is 0 Å². The van der Waals surface area contributed by atoms with Gasteiger partial charge in [0.25, 0.3) is 0 Å². The van der Waals surface area contributed by atoms with Crippen molar-refractivity contribution in [2.24, 2.45) is 5.41 Å². The Hall–Kier alpha value is -0.160. The molecule has 0 spiro atoms. The molecule has 1 aliphatic heterocycles. The molecule has 124 valence electrons. The predicted molar refractivity (Wildman–Crippen MR) is 86.6 cm³/mol. The minimum Gasteiger partial charge on any atom is -0.394 e. The summed E-state index contributed by atoms with van der Waals surface area (Å²) in [6.07, 6.45) is 9.49. The van der Waals surface area contributed by atoms with E-state index in [2.05, 4.69) is 17.1 Å². The Morgan fingerprint density at radius 1 is 1.24 bits per heavy atom. The summed E-state index contributed by atoms with van der Waals surface area (Å²) in [7, 11) is 0. The molecule has 2 aliphatic rings. The lowest BCUT2D eigenvalue weighted by molar-refractivity contribution is -0.0638. The van der Waals surface area contributed by atoms with E-state index < -0.39 is 0 Å². The van der Waals surface area contributed by atoms with E-state index in [0.717, 1.165) is 32.8 Å². The summed E-state index contributed by atoms with van der Waals surface area (Å²) < 4.78 is 5.60. The first-order valence-electron chi connectivity index (χ1n) is 8.93. The van der Waals surface area contributed by atoms with Crippen molar-refractivity contribution in [3.63, 3.8) is 0 Å². The number of morpholine rings is 1. The Balaban J connectivity index is 1.93. The van der Waals surface area contributed by atoms with Gasteiger partial charge in [0.05, 0.1) is 19.3 Å². The Morgan fingerprint density at radius 2 is 2.00 bits per heavy atom. The van der Waals surface area contributed by atoms with Crippen LogP contribution in [0.15, 0.2) is 0 Å². The number of hydrogen-bond acceptors (Lipinski definition) is 4. The fraction of sp³-hybridized carbons (Fsp3) is 1.00. The highest BCUT2D eigenvalue weighted by molar-refractivity contribution is 4.88. The molecule has 0 aromatic heterocycles. The van der Waals surface area contributed by atoms with Gasteiger partial charge in [-0.1, -0.05) is 32.6 Å². The molecule has 0 bridgehead atoms. The van der Waals surface area contributed by atoms with Gasteiger partial charge < -0.3 is 15.2 Å². The van der Waals surface area contributed by atoms with Crippen molar-refractivity contribution in [3.05, 3.63) is 0 Å². The van der Waals surface area contributed by atoms with Crippen LogP contribution in [0, 0.1) is 5.41 Å². The normalized spacial score (nSPS) is 27.4. The second-order valence-electron chi connectivity index (χ2n) is 7.00. The van der Waals surface area contributed by atoms with Gasteiger partial charge >= 0.3 is 0 Å². The monoisotopic (exact) mass is 298 g/mol. The minimum absolute atomic E-state index is 0.0187. The van der Waals surface area contributed by atoms with Gasteiger partial charge in [-0.3, -0.25) is 4.90 Å². The molecule has 21 heavy (non-hydrogen) atoms. The summed E-state index contributed by atoms with van der Waals surface area (Å²) >= 11 is 0.